The molecule has 2 N–H and O–H groups in total. The lowest BCUT2D eigenvalue weighted by Crippen LogP contribution is -2.24. The summed E-state index contributed by atoms with van der Waals surface area (Å²) in [5, 5.41) is 44.5. The largest absolute Gasteiger partial charge is 0.872 e. The predicted octanol–water partition coefficient (Wildman–Crippen LogP) is -0.0176. The maximum atomic E-state index is 12.3. The van der Waals surface area contributed by atoms with Crippen molar-refractivity contribution in [3.63, 3.8) is 0 Å². The Morgan fingerprint density at radius 1 is 1.08 bits per heavy atom. The van der Waals surface area contributed by atoms with Crippen LogP contribution in [-0.4, -0.2) is 27.9 Å². The molecule has 25 heavy (non-hydrogen) atoms. The molecule has 2 aromatic rings. The fourth-order valence-electron chi connectivity index (χ4n) is 2.07. The molecule has 0 bridgehead atoms. The molecule has 1 amide bonds. The number of nitrogens with one attached hydrogen (secondary N) is 1. The number of nitro benzene ring substituents is 1. The minimum Gasteiger partial charge on any atom is -0.872 e. The van der Waals surface area contributed by atoms with Crippen molar-refractivity contribution in [3.8, 4) is 5.75 Å². The molecule has 0 unspecified atom stereocenters. The fraction of sp³-hybridized carbons (Fsp3) is 0. The van der Waals surface area contributed by atoms with E-state index in [0.29, 0.717) is 0 Å². The number of hydrogen-bond acceptors (Lipinski definition) is 7. The molecule has 2 rings (SSSR count). The van der Waals surface area contributed by atoms with E-state index in [0.717, 1.165) is 36.4 Å². The van der Waals surface area contributed by atoms with E-state index in [4.69, 9.17) is 5.11 Å². The van der Waals surface area contributed by atoms with Gasteiger partial charge in [0.25, 0.3) is 11.6 Å². The number of amides is 1. The van der Waals surface area contributed by atoms with Crippen molar-refractivity contribution in [3.05, 3.63) is 63.2 Å². The standard InChI is InChI=1S/C15H10N2O8/c18-11-6-7(4-5-8(11)14(20)21)16-13(19)12-9(15(22)23)2-1-3-10(12)17(24)25/h1-6,18H,(H,16,19)(H,20,21)(H,22,23)/p-2. The summed E-state index contributed by atoms with van der Waals surface area (Å²) >= 11 is 0. The number of carbonyl (C=O) groups excluding carboxylic acids is 2. The molecule has 0 saturated carbocycles. The number of anilines is 1. The molecule has 0 aliphatic rings. The number of carbonyl (C=O) groups is 3. The van der Waals surface area contributed by atoms with Crippen molar-refractivity contribution >= 4 is 29.2 Å². The molecule has 2 aromatic carbocycles. The van der Waals surface area contributed by atoms with Crippen molar-refractivity contribution < 1.29 is 34.6 Å². The van der Waals surface area contributed by atoms with Gasteiger partial charge in [-0.05, 0) is 23.8 Å². The van der Waals surface area contributed by atoms with Gasteiger partial charge < -0.3 is 25.4 Å². The Hall–Kier alpha value is -3.95. The Labute approximate surface area is 139 Å². The third kappa shape index (κ3) is 3.52. The zero-order valence-corrected chi connectivity index (χ0v) is 12.2. The number of carboxylic acids is 2. The zero-order valence-electron chi connectivity index (χ0n) is 12.2. The number of nitro groups is 1. The van der Waals surface area contributed by atoms with Crippen molar-refractivity contribution in [1.29, 1.82) is 0 Å². The van der Waals surface area contributed by atoms with Gasteiger partial charge in [0.1, 0.15) is 5.56 Å². The van der Waals surface area contributed by atoms with Crippen LogP contribution < -0.4 is 15.5 Å². The van der Waals surface area contributed by atoms with Gasteiger partial charge in [0, 0.05) is 11.8 Å². The number of carboxylic acid groups (broad SMARTS) is 2. The lowest BCUT2D eigenvalue weighted by Gasteiger charge is -2.16. The van der Waals surface area contributed by atoms with E-state index in [9.17, 15) is 34.7 Å². The first kappa shape index (κ1) is 17.4. The average molecular weight is 344 g/mol. The number of hydrogen-bond donors (Lipinski definition) is 2. The van der Waals surface area contributed by atoms with E-state index >= 15 is 0 Å². The van der Waals surface area contributed by atoms with Gasteiger partial charge in [0.2, 0.25) is 0 Å². The van der Waals surface area contributed by atoms with E-state index in [1.165, 1.54) is 0 Å². The Balaban J connectivity index is 2.45. The predicted molar refractivity (Wildman–Crippen MR) is 78.2 cm³/mol. The van der Waals surface area contributed by atoms with E-state index in [1.807, 2.05) is 0 Å². The molecular weight excluding hydrogens is 336 g/mol. The molecule has 10 heteroatoms. The molecule has 0 radical (unpaired) electrons. The Bertz CT molecular complexity index is 874. The summed E-state index contributed by atoms with van der Waals surface area (Å²) in [6.45, 7) is 0. The summed E-state index contributed by atoms with van der Waals surface area (Å²) in [7, 11) is 0. The molecule has 128 valence electrons. The van der Waals surface area contributed by atoms with E-state index in [2.05, 4.69) is 5.32 Å². The van der Waals surface area contributed by atoms with Gasteiger partial charge in [-0.25, -0.2) is 4.79 Å². The molecule has 0 fully saturated rings. The van der Waals surface area contributed by atoms with Crippen molar-refractivity contribution in [1.82, 2.24) is 0 Å². The molecule has 0 atom stereocenters. The minimum absolute atomic E-state index is 0.158. The SMILES string of the molecule is O=C([O-])c1ccc(NC(=O)c2c(C(=O)O)cccc2[N+](=O)[O-])cc1[O-]. The van der Waals surface area contributed by atoms with Crippen LogP contribution in [0, 0.1) is 10.1 Å². The number of rotatable bonds is 5. The van der Waals surface area contributed by atoms with Crippen LogP contribution in [-0.2, 0) is 0 Å². The van der Waals surface area contributed by atoms with E-state index in [-0.39, 0.29) is 5.69 Å². The molecule has 0 aliphatic carbocycles. The second-order valence-electron chi connectivity index (χ2n) is 4.71. The zero-order chi connectivity index (χ0) is 18.7. The Morgan fingerprint density at radius 2 is 1.76 bits per heavy atom. The first-order valence-electron chi connectivity index (χ1n) is 6.57. The summed E-state index contributed by atoms with van der Waals surface area (Å²) < 4.78 is 0. The van der Waals surface area contributed by atoms with Gasteiger partial charge in [0.05, 0.1) is 16.5 Å². The highest BCUT2D eigenvalue weighted by molar-refractivity contribution is 6.13. The number of benzene rings is 2. The first-order valence-corrected chi connectivity index (χ1v) is 6.57. The van der Waals surface area contributed by atoms with Crippen LogP contribution >= 0.6 is 0 Å². The van der Waals surface area contributed by atoms with Gasteiger partial charge in [-0.15, -0.1) is 0 Å². The molecule has 0 spiro atoms. The smallest absolute Gasteiger partial charge is 0.336 e. The quantitative estimate of drug-likeness (QED) is 0.562. The lowest BCUT2D eigenvalue weighted by atomic mass is 10.0. The molecule has 0 heterocycles. The summed E-state index contributed by atoms with van der Waals surface area (Å²) in [5.41, 5.74) is -2.81. The van der Waals surface area contributed by atoms with Gasteiger partial charge in [-0.1, -0.05) is 17.9 Å². The van der Waals surface area contributed by atoms with E-state index < -0.39 is 50.9 Å². The third-order valence-electron chi connectivity index (χ3n) is 3.16. The second-order valence-corrected chi connectivity index (χ2v) is 4.71. The maximum Gasteiger partial charge on any atom is 0.336 e. The summed E-state index contributed by atoms with van der Waals surface area (Å²) in [6.07, 6.45) is 0. The van der Waals surface area contributed by atoms with E-state index in [1.54, 1.807) is 0 Å². The average Bonchev–Trinajstić information content (AvgIpc) is 2.53. The summed E-state index contributed by atoms with van der Waals surface area (Å²) in [6, 6.07) is 5.83. The topological polar surface area (TPSA) is 173 Å². The Morgan fingerprint density at radius 3 is 2.28 bits per heavy atom. The highest BCUT2D eigenvalue weighted by atomic mass is 16.6. The van der Waals surface area contributed by atoms with Crippen molar-refractivity contribution in [2.45, 2.75) is 0 Å². The van der Waals surface area contributed by atoms with Crippen LogP contribution in [0.25, 0.3) is 0 Å². The van der Waals surface area contributed by atoms with Crippen LogP contribution in [0.2, 0.25) is 0 Å². The summed E-state index contributed by atoms with van der Waals surface area (Å²) in [4.78, 5) is 44.3. The minimum atomic E-state index is -1.70. The summed E-state index contributed by atoms with van der Waals surface area (Å²) in [5.74, 6) is -5.33. The van der Waals surface area contributed by atoms with Gasteiger partial charge in [-0.2, -0.15) is 0 Å². The number of aromatic carboxylic acids is 2. The van der Waals surface area contributed by atoms with Crippen LogP contribution in [0.3, 0.4) is 0 Å². The van der Waals surface area contributed by atoms with Gasteiger partial charge in [-0.3, -0.25) is 14.9 Å². The molecule has 10 nitrogen and oxygen atoms in total. The van der Waals surface area contributed by atoms with Crippen LogP contribution in [0.15, 0.2) is 36.4 Å². The van der Waals surface area contributed by atoms with Crippen molar-refractivity contribution in [2.24, 2.45) is 0 Å². The van der Waals surface area contributed by atoms with Crippen molar-refractivity contribution in [2.75, 3.05) is 5.32 Å². The second kappa shape index (κ2) is 6.66. The number of nitrogens with zero attached hydrogens (tertiary/aromatic N) is 1. The third-order valence-corrected chi connectivity index (χ3v) is 3.16. The molecular formula is C15H8N2O8-2. The first-order chi connectivity index (χ1) is 11.7. The van der Waals surface area contributed by atoms with Crippen LogP contribution in [0.5, 0.6) is 5.75 Å². The van der Waals surface area contributed by atoms with Crippen LogP contribution in [0.4, 0.5) is 11.4 Å². The molecule has 0 aliphatic heterocycles. The highest BCUT2D eigenvalue weighted by Gasteiger charge is 2.27. The normalized spacial score (nSPS) is 10.1. The monoisotopic (exact) mass is 344 g/mol. The molecule has 0 aromatic heterocycles. The van der Waals surface area contributed by atoms with Crippen LogP contribution in [0.1, 0.15) is 31.1 Å². The lowest BCUT2D eigenvalue weighted by molar-refractivity contribution is -0.385. The molecule has 0 saturated heterocycles. The van der Waals surface area contributed by atoms with Gasteiger partial charge >= 0.3 is 5.97 Å². The van der Waals surface area contributed by atoms with Gasteiger partial charge in [0.15, 0.2) is 0 Å². The maximum absolute atomic E-state index is 12.3. The Kier molecular flexibility index (Phi) is 4.64. The highest BCUT2D eigenvalue weighted by Crippen LogP contribution is 2.25. The fourth-order valence-corrected chi connectivity index (χ4v) is 2.07.